The Morgan fingerprint density at radius 1 is 0.583 bits per heavy atom. The van der Waals surface area contributed by atoms with Crippen LogP contribution in [0.1, 0.15) is 39.5 Å². The first-order valence-electron chi connectivity index (χ1n) is 5.97. The second kappa shape index (κ2) is 2.27. The molecule has 4 atom stereocenters. The summed E-state index contributed by atoms with van der Waals surface area (Å²) in [5, 5.41) is 0. The van der Waals surface area contributed by atoms with Gasteiger partial charge in [-0.1, -0.05) is 13.8 Å². The quantitative estimate of drug-likeness (QED) is 0.515. The van der Waals surface area contributed by atoms with Crippen molar-refractivity contribution in [3.8, 4) is 0 Å². The third-order valence-corrected chi connectivity index (χ3v) is 5.19. The van der Waals surface area contributed by atoms with Crippen LogP contribution in [0.4, 0.5) is 0 Å². The average molecular weight is 164 g/mol. The third-order valence-electron chi connectivity index (χ3n) is 5.19. The van der Waals surface area contributed by atoms with Gasteiger partial charge in [0.25, 0.3) is 0 Å². The Morgan fingerprint density at radius 3 is 1.00 bits per heavy atom. The molecule has 0 aromatic rings. The van der Waals surface area contributed by atoms with Gasteiger partial charge >= 0.3 is 0 Å². The molecule has 0 amide bonds. The maximum absolute atomic E-state index is 2.00. The van der Waals surface area contributed by atoms with Gasteiger partial charge in [-0.25, -0.2) is 0 Å². The van der Waals surface area contributed by atoms with Crippen LogP contribution in [0, 0.1) is 35.5 Å². The SMILES string of the molecule is C1CC2C1C1C3CCC3C21.CC. The van der Waals surface area contributed by atoms with Crippen molar-refractivity contribution in [2.75, 3.05) is 0 Å². The highest BCUT2D eigenvalue weighted by molar-refractivity contribution is 5.18. The van der Waals surface area contributed by atoms with E-state index in [9.17, 15) is 0 Å². The highest BCUT2D eigenvalue weighted by atomic mass is 14.7. The van der Waals surface area contributed by atoms with Crippen LogP contribution in [-0.2, 0) is 0 Å². The molecule has 0 heterocycles. The van der Waals surface area contributed by atoms with Gasteiger partial charge in [0.15, 0.2) is 0 Å². The van der Waals surface area contributed by atoms with Gasteiger partial charge in [-0.2, -0.15) is 0 Å². The van der Waals surface area contributed by atoms with Crippen LogP contribution in [0.15, 0.2) is 0 Å². The Hall–Kier alpha value is 0. The molecule has 0 nitrogen and oxygen atoms in total. The van der Waals surface area contributed by atoms with Gasteiger partial charge in [0.2, 0.25) is 0 Å². The fourth-order valence-corrected chi connectivity index (χ4v) is 4.50. The Morgan fingerprint density at radius 2 is 0.833 bits per heavy atom. The molecule has 0 radical (unpaired) electrons. The minimum atomic E-state index is 1.26. The number of hydrogen-bond acceptors (Lipinski definition) is 0. The van der Waals surface area contributed by atoms with Crippen LogP contribution < -0.4 is 0 Å². The number of hydrogen-bond donors (Lipinski definition) is 0. The first kappa shape index (κ1) is 7.41. The van der Waals surface area contributed by atoms with Crippen LogP contribution in [0.2, 0.25) is 0 Å². The second-order valence-electron chi connectivity index (χ2n) is 4.96. The van der Waals surface area contributed by atoms with Crippen LogP contribution in [0.3, 0.4) is 0 Å². The predicted molar refractivity (Wildman–Crippen MR) is 50.8 cm³/mol. The molecule has 0 bridgehead atoms. The van der Waals surface area contributed by atoms with E-state index in [1.807, 2.05) is 13.8 Å². The molecule has 0 aromatic heterocycles. The van der Waals surface area contributed by atoms with Crippen LogP contribution >= 0.6 is 0 Å². The van der Waals surface area contributed by atoms with Crippen molar-refractivity contribution in [1.29, 1.82) is 0 Å². The van der Waals surface area contributed by atoms with E-state index in [0.717, 1.165) is 0 Å². The topological polar surface area (TPSA) is 0 Å². The van der Waals surface area contributed by atoms with Crippen LogP contribution in [0.25, 0.3) is 0 Å². The summed E-state index contributed by atoms with van der Waals surface area (Å²) in [6.45, 7) is 4.00. The van der Waals surface area contributed by atoms with E-state index in [1.54, 1.807) is 25.7 Å². The largest absolute Gasteiger partial charge is 0.0683 e. The van der Waals surface area contributed by atoms with Gasteiger partial charge in [0.05, 0.1) is 0 Å². The lowest BCUT2D eigenvalue weighted by atomic mass is 9.28. The highest BCUT2D eigenvalue weighted by Crippen LogP contribution is 2.76. The maximum Gasteiger partial charge on any atom is -0.0318 e. The molecule has 0 saturated heterocycles. The van der Waals surface area contributed by atoms with Crippen molar-refractivity contribution in [2.24, 2.45) is 35.5 Å². The Bertz CT molecular complexity index is 154. The van der Waals surface area contributed by atoms with Crippen LogP contribution in [-0.4, -0.2) is 0 Å². The molecule has 4 rings (SSSR count). The predicted octanol–water partition coefficient (Wildman–Crippen LogP) is 3.32. The molecule has 4 aliphatic rings. The van der Waals surface area contributed by atoms with Gasteiger partial charge in [-0.05, 0) is 61.2 Å². The second-order valence-corrected chi connectivity index (χ2v) is 4.96. The maximum atomic E-state index is 2.00. The van der Waals surface area contributed by atoms with E-state index in [2.05, 4.69) is 0 Å². The van der Waals surface area contributed by atoms with E-state index in [1.165, 1.54) is 35.5 Å². The molecule has 0 aliphatic heterocycles. The van der Waals surface area contributed by atoms with Crippen molar-refractivity contribution in [1.82, 2.24) is 0 Å². The summed E-state index contributed by atoms with van der Waals surface area (Å²) < 4.78 is 0. The minimum Gasteiger partial charge on any atom is -0.0683 e. The van der Waals surface area contributed by atoms with E-state index >= 15 is 0 Å². The normalized spacial score (nSPS) is 62.5. The van der Waals surface area contributed by atoms with Crippen molar-refractivity contribution >= 4 is 0 Å². The third kappa shape index (κ3) is 0.561. The molecular formula is C12H20. The van der Waals surface area contributed by atoms with E-state index < -0.39 is 0 Å². The molecule has 12 heavy (non-hydrogen) atoms. The molecular weight excluding hydrogens is 144 g/mol. The molecule has 0 N–H and O–H groups in total. The zero-order chi connectivity index (χ0) is 8.29. The first-order chi connectivity index (χ1) is 5.97. The summed E-state index contributed by atoms with van der Waals surface area (Å²) in [5.74, 6) is 7.58. The van der Waals surface area contributed by atoms with Gasteiger partial charge < -0.3 is 0 Å². The Balaban J connectivity index is 0.000000231. The summed E-state index contributed by atoms with van der Waals surface area (Å²) in [6, 6.07) is 0. The van der Waals surface area contributed by atoms with Crippen molar-refractivity contribution in [3.63, 3.8) is 0 Å². The highest BCUT2D eigenvalue weighted by Gasteiger charge is 2.70. The molecule has 4 unspecified atom stereocenters. The lowest BCUT2D eigenvalue weighted by Gasteiger charge is -2.77. The van der Waals surface area contributed by atoms with Crippen molar-refractivity contribution in [3.05, 3.63) is 0 Å². The van der Waals surface area contributed by atoms with Crippen molar-refractivity contribution in [2.45, 2.75) is 39.5 Å². The minimum absolute atomic E-state index is 1.26. The zero-order valence-electron chi connectivity index (χ0n) is 8.29. The molecule has 68 valence electrons. The summed E-state index contributed by atoms with van der Waals surface area (Å²) in [5.41, 5.74) is 0. The Kier molecular flexibility index (Phi) is 1.40. The van der Waals surface area contributed by atoms with Gasteiger partial charge in [-0.15, -0.1) is 0 Å². The number of fused-ring (bicyclic) bond motifs is 7. The lowest BCUT2D eigenvalue weighted by molar-refractivity contribution is -0.286. The molecule has 4 fully saturated rings. The fourth-order valence-electron chi connectivity index (χ4n) is 4.50. The standard InChI is InChI=1S/C10H14.C2H6/c1-2-6-5(1)9-7-3-4-8(7)10(6)9;1-2/h5-10H,1-4H2;1-2H3. The molecule has 4 aliphatic carbocycles. The smallest absolute Gasteiger partial charge is 0.0318 e. The summed E-state index contributed by atoms with van der Waals surface area (Å²) in [4.78, 5) is 0. The van der Waals surface area contributed by atoms with Gasteiger partial charge in [-0.3, -0.25) is 0 Å². The molecule has 4 saturated carbocycles. The number of rotatable bonds is 0. The van der Waals surface area contributed by atoms with E-state index in [-0.39, 0.29) is 0 Å². The first-order valence-corrected chi connectivity index (χ1v) is 5.97. The monoisotopic (exact) mass is 164 g/mol. The van der Waals surface area contributed by atoms with Gasteiger partial charge in [0.1, 0.15) is 0 Å². The summed E-state index contributed by atoms with van der Waals surface area (Å²) >= 11 is 0. The Labute approximate surface area is 75.7 Å². The van der Waals surface area contributed by atoms with E-state index in [0.29, 0.717) is 0 Å². The molecule has 0 aromatic carbocycles. The fraction of sp³-hybridized carbons (Fsp3) is 1.00. The summed E-state index contributed by atoms with van der Waals surface area (Å²) in [6.07, 6.45) is 6.42. The average Bonchev–Trinajstić information content (AvgIpc) is 2.03. The lowest BCUT2D eigenvalue weighted by Crippen LogP contribution is -2.71. The molecule has 0 spiro atoms. The van der Waals surface area contributed by atoms with Gasteiger partial charge in [0, 0.05) is 0 Å². The van der Waals surface area contributed by atoms with E-state index in [4.69, 9.17) is 0 Å². The van der Waals surface area contributed by atoms with Crippen molar-refractivity contribution < 1.29 is 0 Å². The zero-order valence-corrected chi connectivity index (χ0v) is 8.29. The van der Waals surface area contributed by atoms with Crippen LogP contribution in [0.5, 0.6) is 0 Å². The molecule has 0 heteroatoms. The summed E-state index contributed by atoms with van der Waals surface area (Å²) in [7, 11) is 0.